The summed E-state index contributed by atoms with van der Waals surface area (Å²) < 4.78 is 17.4. The van der Waals surface area contributed by atoms with Crippen LogP contribution in [0.5, 0.6) is 0 Å². The second-order valence-electron chi connectivity index (χ2n) is 4.45. The Morgan fingerprint density at radius 2 is 0.958 bits per heavy atom. The predicted molar refractivity (Wildman–Crippen MR) is 72.2 cm³/mol. The van der Waals surface area contributed by atoms with Crippen LogP contribution in [0.25, 0.3) is 0 Å². The fraction of sp³-hybridized carbons (Fsp3) is 0.667. The van der Waals surface area contributed by atoms with Crippen molar-refractivity contribution >= 4 is 24.6 Å². The summed E-state index contributed by atoms with van der Waals surface area (Å²) in [6, 6.07) is 0. The van der Waals surface area contributed by atoms with Crippen LogP contribution in [0.15, 0.2) is 0 Å². The van der Waals surface area contributed by atoms with Crippen molar-refractivity contribution < 1.29 is 58.6 Å². The molecule has 24 heavy (non-hydrogen) atoms. The van der Waals surface area contributed by atoms with E-state index < -0.39 is 50.0 Å². The van der Waals surface area contributed by atoms with Crippen molar-refractivity contribution in [3.63, 3.8) is 0 Å². The third-order valence-corrected chi connectivity index (χ3v) is 2.62. The molecule has 0 aromatic rings. The first-order valence-corrected chi connectivity index (χ1v) is 6.71. The monoisotopic (exact) mass is 354 g/mol. The third-order valence-electron chi connectivity index (χ3n) is 2.62. The molecule has 0 amide bonds. The predicted octanol–water partition coefficient (Wildman–Crippen LogP) is 2.06. The first kappa shape index (κ1) is 21.1. The quantitative estimate of drug-likeness (QED) is 0.240. The van der Waals surface area contributed by atoms with Gasteiger partial charge in [0.15, 0.2) is 0 Å². The maximum atomic E-state index is 10.5. The Labute approximate surface area is 135 Å². The number of carboxylic acid groups (broad SMARTS) is 4. The number of carbonyl (C=O) groups is 4. The van der Waals surface area contributed by atoms with Crippen LogP contribution < -0.4 is 0 Å². The Bertz CT molecular complexity index is 394. The van der Waals surface area contributed by atoms with E-state index in [1.165, 1.54) is 0 Å². The second-order valence-corrected chi connectivity index (χ2v) is 4.45. The minimum atomic E-state index is -1.59. The standard InChI is InChI=1S/C12H18O12/c13-9(14)21-5-7(23-11(17)18)3-1-2-4-8(24-12(19)20)6-22-10(15)16/h7-8H,1-6H2,(H,13,14)(H,15,16)(H,17,18)(H,19,20). The van der Waals surface area contributed by atoms with Gasteiger partial charge in [-0.25, -0.2) is 19.2 Å². The molecule has 2 atom stereocenters. The van der Waals surface area contributed by atoms with Crippen LogP contribution in [0, 0.1) is 0 Å². The molecule has 0 radical (unpaired) electrons. The summed E-state index contributed by atoms with van der Waals surface area (Å²) in [5, 5.41) is 33.8. The van der Waals surface area contributed by atoms with E-state index in [-0.39, 0.29) is 12.8 Å². The van der Waals surface area contributed by atoms with Gasteiger partial charge in [-0.05, 0) is 25.7 Å². The minimum absolute atomic E-state index is 0.124. The Morgan fingerprint density at radius 1 is 0.625 bits per heavy atom. The highest BCUT2D eigenvalue weighted by Crippen LogP contribution is 2.12. The molecule has 138 valence electrons. The summed E-state index contributed by atoms with van der Waals surface area (Å²) in [5.74, 6) is 0. The lowest BCUT2D eigenvalue weighted by Gasteiger charge is -2.17. The Morgan fingerprint density at radius 3 is 1.21 bits per heavy atom. The lowest BCUT2D eigenvalue weighted by atomic mass is 10.1. The van der Waals surface area contributed by atoms with Crippen LogP contribution >= 0.6 is 0 Å². The molecule has 0 saturated heterocycles. The van der Waals surface area contributed by atoms with Crippen molar-refractivity contribution in [3.8, 4) is 0 Å². The van der Waals surface area contributed by atoms with Crippen LogP contribution in [-0.4, -0.2) is 70.5 Å². The van der Waals surface area contributed by atoms with Crippen molar-refractivity contribution in [1.29, 1.82) is 0 Å². The van der Waals surface area contributed by atoms with E-state index >= 15 is 0 Å². The maximum Gasteiger partial charge on any atom is 0.506 e. The lowest BCUT2D eigenvalue weighted by molar-refractivity contribution is -0.00444. The molecule has 0 aliphatic carbocycles. The van der Waals surface area contributed by atoms with Gasteiger partial charge in [0.25, 0.3) is 0 Å². The van der Waals surface area contributed by atoms with E-state index in [9.17, 15) is 19.2 Å². The molecule has 0 fully saturated rings. The van der Waals surface area contributed by atoms with Gasteiger partial charge in [0.2, 0.25) is 0 Å². The van der Waals surface area contributed by atoms with E-state index in [4.69, 9.17) is 20.4 Å². The van der Waals surface area contributed by atoms with Crippen molar-refractivity contribution in [2.45, 2.75) is 37.9 Å². The molecule has 12 heteroatoms. The van der Waals surface area contributed by atoms with Crippen LogP contribution in [0.3, 0.4) is 0 Å². The molecule has 2 unspecified atom stereocenters. The van der Waals surface area contributed by atoms with E-state index in [2.05, 4.69) is 18.9 Å². The zero-order chi connectivity index (χ0) is 18.5. The van der Waals surface area contributed by atoms with Gasteiger partial charge in [0.1, 0.15) is 25.4 Å². The van der Waals surface area contributed by atoms with Gasteiger partial charge >= 0.3 is 24.6 Å². The Kier molecular flexibility index (Phi) is 10.2. The molecule has 0 aliphatic heterocycles. The zero-order valence-electron chi connectivity index (χ0n) is 12.5. The fourth-order valence-electron chi connectivity index (χ4n) is 1.71. The summed E-state index contributed by atoms with van der Waals surface area (Å²) in [4.78, 5) is 41.5. The molecule has 0 rings (SSSR count). The normalized spacial score (nSPS) is 12.5. The van der Waals surface area contributed by atoms with Crippen molar-refractivity contribution in [2.75, 3.05) is 13.2 Å². The number of hydrogen-bond acceptors (Lipinski definition) is 8. The summed E-state index contributed by atoms with van der Waals surface area (Å²) in [5.41, 5.74) is 0. The van der Waals surface area contributed by atoms with Crippen LogP contribution in [0.1, 0.15) is 25.7 Å². The molecule has 0 bridgehead atoms. The first-order valence-electron chi connectivity index (χ1n) is 6.71. The van der Waals surface area contributed by atoms with Crippen molar-refractivity contribution in [3.05, 3.63) is 0 Å². The molecule has 0 aromatic heterocycles. The highest BCUT2D eigenvalue weighted by molar-refractivity contribution is 5.58. The van der Waals surface area contributed by atoms with Gasteiger partial charge in [0, 0.05) is 0 Å². The van der Waals surface area contributed by atoms with Gasteiger partial charge in [-0.2, -0.15) is 0 Å². The molecular formula is C12H18O12. The summed E-state index contributed by atoms with van der Waals surface area (Å²) in [6.07, 6.45) is -7.43. The Hall–Kier alpha value is -2.92. The zero-order valence-corrected chi connectivity index (χ0v) is 12.5. The van der Waals surface area contributed by atoms with Gasteiger partial charge in [-0.1, -0.05) is 0 Å². The lowest BCUT2D eigenvalue weighted by Crippen LogP contribution is -2.25. The summed E-state index contributed by atoms with van der Waals surface area (Å²) in [7, 11) is 0. The van der Waals surface area contributed by atoms with Gasteiger partial charge in [0.05, 0.1) is 0 Å². The minimum Gasteiger partial charge on any atom is -0.450 e. The van der Waals surface area contributed by atoms with Crippen LogP contribution in [-0.2, 0) is 18.9 Å². The highest BCUT2D eigenvalue weighted by atomic mass is 16.7. The smallest absolute Gasteiger partial charge is 0.450 e. The molecule has 0 aliphatic rings. The fourth-order valence-corrected chi connectivity index (χ4v) is 1.71. The van der Waals surface area contributed by atoms with Crippen LogP contribution in [0.4, 0.5) is 19.2 Å². The van der Waals surface area contributed by atoms with E-state index in [0.29, 0.717) is 12.8 Å². The maximum absolute atomic E-state index is 10.5. The molecule has 4 N–H and O–H groups in total. The molecule has 0 spiro atoms. The Balaban J connectivity index is 4.23. The number of unbranched alkanes of at least 4 members (excludes halogenated alkanes) is 1. The van der Waals surface area contributed by atoms with Crippen LogP contribution in [0.2, 0.25) is 0 Å². The average molecular weight is 354 g/mol. The van der Waals surface area contributed by atoms with Crippen molar-refractivity contribution in [2.24, 2.45) is 0 Å². The largest absolute Gasteiger partial charge is 0.506 e. The molecular weight excluding hydrogens is 336 g/mol. The van der Waals surface area contributed by atoms with E-state index in [0.717, 1.165) is 0 Å². The van der Waals surface area contributed by atoms with Gasteiger partial charge < -0.3 is 39.4 Å². The summed E-state index contributed by atoms with van der Waals surface area (Å²) in [6.45, 7) is -0.947. The topological polar surface area (TPSA) is 186 Å². The van der Waals surface area contributed by atoms with E-state index in [1.54, 1.807) is 0 Å². The third kappa shape index (κ3) is 12.8. The second kappa shape index (κ2) is 11.6. The molecule has 12 nitrogen and oxygen atoms in total. The number of ether oxygens (including phenoxy) is 4. The first-order chi connectivity index (χ1) is 11.2. The molecule has 0 saturated carbocycles. The van der Waals surface area contributed by atoms with Gasteiger partial charge in [-0.15, -0.1) is 0 Å². The van der Waals surface area contributed by atoms with Crippen molar-refractivity contribution in [1.82, 2.24) is 0 Å². The highest BCUT2D eigenvalue weighted by Gasteiger charge is 2.19. The molecule has 0 heterocycles. The summed E-state index contributed by atoms with van der Waals surface area (Å²) >= 11 is 0. The SMILES string of the molecule is O=C(O)OCC(CCCCC(COC(=O)O)OC(=O)O)OC(=O)O. The van der Waals surface area contributed by atoms with Gasteiger partial charge in [-0.3, -0.25) is 0 Å². The molecule has 0 aromatic carbocycles. The number of rotatable bonds is 11. The average Bonchev–Trinajstić information content (AvgIpc) is 2.44. The number of hydrogen-bond donors (Lipinski definition) is 4. The van der Waals surface area contributed by atoms with E-state index in [1.807, 2.05) is 0 Å².